The molecule has 0 radical (unpaired) electrons. The highest BCUT2D eigenvalue weighted by atomic mass is 16.6. The van der Waals surface area contributed by atoms with Crippen LogP contribution in [0.2, 0.25) is 0 Å². The number of carbonyl (C=O) groups excluding carboxylic acids is 2. The number of imide groups is 1. The summed E-state index contributed by atoms with van der Waals surface area (Å²) in [7, 11) is 0. The first-order valence-corrected chi connectivity index (χ1v) is 8.94. The first-order chi connectivity index (χ1) is 12.6. The van der Waals surface area contributed by atoms with Crippen LogP contribution in [0.15, 0.2) is 24.3 Å². The molecule has 9 nitrogen and oxygen atoms in total. The number of piperazine rings is 1. The smallest absolute Gasteiger partial charge is 0.321 e. The average molecular weight is 377 g/mol. The van der Waals surface area contributed by atoms with E-state index >= 15 is 0 Å². The molecule has 1 atom stereocenters. The number of nitrogens with one attached hydrogen (secondary N) is 2. The van der Waals surface area contributed by atoms with E-state index in [0.717, 1.165) is 0 Å². The van der Waals surface area contributed by atoms with Gasteiger partial charge in [-0.25, -0.2) is 4.79 Å². The van der Waals surface area contributed by atoms with Crippen LogP contribution >= 0.6 is 0 Å². The van der Waals surface area contributed by atoms with Crippen LogP contribution in [-0.4, -0.2) is 59.5 Å². The highest BCUT2D eigenvalue weighted by molar-refractivity contribution is 5.97. The molecule has 0 bridgehead atoms. The van der Waals surface area contributed by atoms with Crippen LogP contribution in [0.1, 0.15) is 27.7 Å². The Morgan fingerprint density at radius 2 is 1.74 bits per heavy atom. The quantitative estimate of drug-likeness (QED) is 0.611. The van der Waals surface area contributed by atoms with E-state index in [1.54, 1.807) is 25.1 Å². The number of hydrogen-bond donors (Lipinski definition) is 2. The van der Waals surface area contributed by atoms with E-state index in [4.69, 9.17) is 0 Å². The van der Waals surface area contributed by atoms with Crippen LogP contribution in [0.5, 0.6) is 0 Å². The molecule has 0 aliphatic carbocycles. The third-order valence-electron chi connectivity index (χ3n) is 4.39. The molecule has 1 aliphatic heterocycles. The molecular formula is C18H27N5O4. The van der Waals surface area contributed by atoms with Crippen LogP contribution < -0.4 is 15.5 Å². The lowest BCUT2D eigenvalue weighted by Gasteiger charge is -2.38. The summed E-state index contributed by atoms with van der Waals surface area (Å²) in [6.45, 7) is 9.53. The van der Waals surface area contributed by atoms with Gasteiger partial charge in [-0.05, 0) is 33.8 Å². The van der Waals surface area contributed by atoms with Gasteiger partial charge in [-0.15, -0.1) is 0 Å². The number of urea groups is 1. The van der Waals surface area contributed by atoms with Crippen molar-refractivity contribution >= 4 is 23.3 Å². The van der Waals surface area contributed by atoms with Crippen LogP contribution in [-0.2, 0) is 4.79 Å². The summed E-state index contributed by atoms with van der Waals surface area (Å²) < 4.78 is 0. The third kappa shape index (κ3) is 5.65. The molecule has 1 aromatic carbocycles. The Labute approximate surface area is 158 Å². The molecular weight excluding hydrogens is 350 g/mol. The van der Waals surface area contributed by atoms with Crippen molar-refractivity contribution in [3.8, 4) is 0 Å². The number of carbonyl (C=O) groups is 2. The number of nitrogens with zero attached hydrogens (tertiary/aromatic N) is 3. The summed E-state index contributed by atoms with van der Waals surface area (Å²) in [5.74, 6) is -0.365. The van der Waals surface area contributed by atoms with Gasteiger partial charge in [0.2, 0.25) is 5.91 Å². The highest BCUT2D eigenvalue weighted by Crippen LogP contribution is 2.28. The van der Waals surface area contributed by atoms with Crippen molar-refractivity contribution in [2.24, 2.45) is 0 Å². The van der Waals surface area contributed by atoms with E-state index in [1.807, 2.05) is 30.6 Å². The average Bonchev–Trinajstić information content (AvgIpc) is 2.59. The summed E-state index contributed by atoms with van der Waals surface area (Å²) in [6.07, 6.45) is 0. The second kappa shape index (κ2) is 8.34. The minimum atomic E-state index is -0.516. The largest absolute Gasteiger partial charge is 0.363 e. The number of para-hydroxylation sites is 2. The number of hydrogen-bond acceptors (Lipinski definition) is 6. The lowest BCUT2D eigenvalue weighted by atomic mass is 10.1. The molecule has 27 heavy (non-hydrogen) atoms. The Hall–Kier alpha value is -2.68. The van der Waals surface area contributed by atoms with Crippen LogP contribution in [0.3, 0.4) is 0 Å². The van der Waals surface area contributed by atoms with Crippen LogP contribution in [0.4, 0.5) is 16.2 Å². The molecule has 1 aromatic rings. The van der Waals surface area contributed by atoms with Gasteiger partial charge < -0.3 is 10.2 Å². The van der Waals surface area contributed by atoms with Crippen molar-refractivity contribution in [3.05, 3.63) is 34.4 Å². The molecule has 2 N–H and O–H groups in total. The second-order valence-electron chi connectivity index (χ2n) is 7.64. The number of amides is 3. The van der Waals surface area contributed by atoms with Crippen molar-refractivity contribution in [3.63, 3.8) is 0 Å². The summed E-state index contributed by atoms with van der Waals surface area (Å²) in [5.41, 5.74) is 0.239. The van der Waals surface area contributed by atoms with E-state index in [2.05, 4.69) is 10.6 Å². The third-order valence-corrected chi connectivity index (χ3v) is 4.39. The molecule has 1 fully saturated rings. The predicted molar refractivity (Wildman–Crippen MR) is 103 cm³/mol. The van der Waals surface area contributed by atoms with E-state index in [-0.39, 0.29) is 16.5 Å². The van der Waals surface area contributed by atoms with Gasteiger partial charge in [-0.2, -0.15) is 0 Å². The van der Waals surface area contributed by atoms with Gasteiger partial charge >= 0.3 is 6.03 Å². The monoisotopic (exact) mass is 377 g/mol. The topological polar surface area (TPSA) is 108 Å². The lowest BCUT2D eigenvalue weighted by Crippen LogP contribution is -2.56. The van der Waals surface area contributed by atoms with Gasteiger partial charge in [-0.3, -0.25) is 25.1 Å². The zero-order valence-electron chi connectivity index (χ0n) is 16.2. The van der Waals surface area contributed by atoms with Gasteiger partial charge in [-0.1, -0.05) is 12.1 Å². The number of nitro groups is 1. The SMILES string of the molecule is CC(C(=O)NC(=O)NC(C)(C)C)N1CCN(c2ccccc2[N+](=O)[O-])CC1. The predicted octanol–water partition coefficient (Wildman–Crippen LogP) is 1.73. The lowest BCUT2D eigenvalue weighted by molar-refractivity contribution is -0.384. The number of rotatable bonds is 4. The van der Waals surface area contributed by atoms with Crippen LogP contribution in [0, 0.1) is 10.1 Å². The number of anilines is 1. The van der Waals surface area contributed by atoms with Crippen molar-refractivity contribution < 1.29 is 14.5 Å². The Morgan fingerprint density at radius 1 is 1.15 bits per heavy atom. The van der Waals surface area contributed by atoms with Gasteiger partial charge in [0, 0.05) is 37.8 Å². The normalized spacial score (nSPS) is 16.5. The zero-order valence-corrected chi connectivity index (χ0v) is 16.2. The van der Waals surface area contributed by atoms with Crippen molar-refractivity contribution in [2.75, 3.05) is 31.1 Å². The summed E-state index contributed by atoms with van der Waals surface area (Å²) >= 11 is 0. The maximum absolute atomic E-state index is 12.3. The van der Waals surface area contributed by atoms with Gasteiger partial charge in [0.05, 0.1) is 11.0 Å². The maximum atomic E-state index is 12.3. The summed E-state index contributed by atoms with van der Waals surface area (Å²) in [5, 5.41) is 16.3. The standard InChI is InChI=1S/C18H27N5O4/c1-13(16(24)19-17(25)20-18(2,3)4)21-9-11-22(12-10-21)14-7-5-6-8-15(14)23(26)27/h5-8,13H,9-12H2,1-4H3,(H2,19,20,24,25). The van der Waals surface area contributed by atoms with Gasteiger partial charge in [0.1, 0.15) is 5.69 Å². The fraction of sp³-hybridized carbons (Fsp3) is 0.556. The first-order valence-electron chi connectivity index (χ1n) is 8.94. The highest BCUT2D eigenvalue weighted by Gasteiger charge is 2.29. The van der Waals surface area contributed by atoms with E-state index in [0.29, 0.717) is 31.9 Å². The van der Waals surface area contributed by atoms with Gasteiger partial charge in [0.15, 0.2) is 0 Å². The molecule has 1 saturated heterocycles. The molecule has 1 heterocycles. The Bertz CT molecular complexity index is 708. The van der Waals surface area contributed by atoms with Crippen molar-refractivity contribution in [2.45, 2.75) is 39.3 Å². The molecule has 1 unspecified atom stereocenters. The van der Waals surface area contributed by atoms with E-state index < -0.39 is 17.6 Å². The molecule has 0 aromatic heterocycles. The Kier molecular flexibility index (Phi) is 6.37. The minimum Gasteiger partial charge on any atom is -0.363 e. The molecule has 0 saturated carbocycles. The molecule has 9 heteroatoms. The molecule has 2 rings (SSSR count). The summed E-state index contributed by atoms with van der Waals surface area (Å²) in [6, 6.07) is 5.67. The Balaban J connectivity index is 1.92. The van der Waals surface area contributed by atoms with E-state index in [9.17, 15) is 19.7 Å². The van der Waals surface area contributed by atoms with Crippen LogP contribution in [0.25, 0.3) is 0 Å². The maximum Gasteiger partial charge on any atom is 0.321 e. The fourth-order valence-corrected chi connectivity index (χ4v) is 2.99. The minimum absolute atomic E-state index is 0.0793. The van der Waals surface area contributed by atoms with Crippen molar-refractivity contribution in [1.82, 2.24) is 15.5 Å². The molecule has 0 spiro atoms. The second-order valence-corrected chi connectivity index (χ2v) is 7.64. The molecule has 3 amide bonds. The summed E-state index contributed by atoms with van der Waals surface area (Å²) in [4.78, 5) is 38.9. The number of benzene rings is 1. The van der Waals surface area contributed by atoms with Crippen molar-refractivity contribution in [1.29, 1.82) is 0 Å². The molecule has 1 aliphatic rings. The number of nitro benzene ring substituents is 1. The Morgan fingerprint density at radius 3 is 2.30 bits per heavy atom. The fourth-order valence-electron chi connectivity index (χ4n) is 2.99. The van der Waals surface area contributed by atoms with Gasteiger partial charge in [0.25, 0.3) is 5.69 Å². The first kappa shape index (κ1) is 20.6. The molecule has 148 valence electrons. The zero-order chi connectivity index (χ0) is 20.2. The van der Waals surface area contributed by atoms with E-state index in [1.165, 1.54) is 6.07 Å².